The Hall–Kier alpha value is -2.40. The second-order valence-electron chi connectivity index (χ2n) is 10.5. The van der Waals surface area contributed by atoms with E-state index in [4.69, 9.17) is 9.47 Å². The molecular weight excluding hydrogens is 452 g/mol. The first-order valence-corrected chi connectivity index (χ1v) is 13.7. The third-order valence-corrected chi connectivity index (χ3v) is 7.37. The SMILES string of the molecule is C=C(C)C(=O)OCC(CCC1CCC(c2ccc(CCCCC)cc2)CC1)COC(=O)C(=C)C(C)O. The van der Waals surface area contributed by atoms with E-state index >= 15 is 0 Å². The highest BCUT2D eigenvalue weighted by molar-refractivity contribution is 5.88. The number of carbonyl (C=O) groups is 2. The maximum absolute atomic E-state index is 12.1. The fourth-order valence-electron chi connectivity index (χ4n) is 4.78. The minimum absolute atomic E-state index is 0.0278. The van der Waals surface area contributed by atoms with Crippen LogP contribution in [-0.2, 0) is 25.5 Å². The van der Waals surface area contributed by atoms with E-state index in [9.17, 15) is 14.7 Å². The van der Waals surface area contributed by atoms with Crippen molar-refractivity contribution in [3.05, 3.63) is 59.7 Å². The molecule has 1 N–H and O–H groups in total. The number of aliphatic hydroxyl groups is 1. The van der Waals surface area contributed by atoms with Crippen LogP contribution in [0.3, 0.4) is 0 Å². The zero-order chi connectivity index (χ0) is 26.5. The predicted octanol–water partition coefficient (Wildman–Crippen LogP) is 6.69. The molecule has 0 saturated heterocycles. The van der Waals surface area contributed by atoms with Crippen LogP contribution >= 0.6 is 0 Å². The van der Waals surface area contributed by atoms with Crippen molar-refractivity contribution < 1.29 is 24.2 Å². The van der Waals surface area contributed by atoms with Gasteiger partial charge in [-0.3, -0.25) is 0 Å². The van der Waals surface area contributed by atoms with E-state index in [1.54, 1.807) is 6.92 Å². The number of aliphatic hydroxyl groups excluding tert-OH is 1. The van der Waals surface area contributed by atoms with E-state index < -0.39 is 18.0 Å². The lowest BCUT2D eigenvalue weighted by atomic mass is 9.76. The second-order valence-corrected chi connectivity index (χ2v) is 10.5. The van der Waals surface area contributed by atoms with Gasteiger partial charge in [-0.05, 0) is 88.2 Å². The van der Waals surface area contributed by atoms with E-state index in [0.717, 1.165) is 12.8 Å². The summed E-state index contributed by atoms with van der Waals surface area (Å²) < 4.78 is 10.7. The van der Waals surface area contributed by atoms with Gasteiger partial charge in [0.05, 0.1) is 24.9 Å². The number of aryl methyl sites for hydroxylation is 1. The Morgan fingerprint density at radius 3 is 2.17 bits per heavy atom. The van der Waals surface area contributed by atoms with E-state index in [0.29, 0.717) is 17.4 Å². The number of carbonyl (C=O) groups excluding carboxylic acids is 2. The van der Waals surface area contributed by atoms with Gasteiger partial charge in [0.2, 0.25) is 0 Å². The molecule has 1 aromatic carbocycles. The average molecular weight is 499 g/mol. The summed E-state index contributed by atoms with van der Waals surface area (Å²) in [5, 5.41) is 9.55. The van der Waals surface area contributed by atoms with Crippen molar-refractivity contribution in [2.45, 2.75) is 97.0 Å². The van der Waals surface area contributed by atoms with Gasteiger partial charge in [0.1, 0.15) is 0 Å². The van der Waals surface area contributed by atoms with Crippen LogP contribution in [0.5, 0.6) is 0 Å². The van der Waals surface area contributed by atoms with Crippen LogP contribution in [0.1, 0.15) is 95.6 Å². The topological polar surface area (TPSA) is 72.8 Å². The highest BCUT2D eigenvalue weighted by Gasteiger charge is 2.24. The van der Waals surface area contributed by atoms with Crippen molar-refractivity contribution in [1.82, 2.24) is 0 Å². The molecule has 0 heterocycles. The van der Waals surface area contributed by atoms with E-state index in [2.05, 4.69) is 44.3 Å². The van der Waals surface area contributed by atoms with Gasteiger partial charge in [0, 0.05) is 11.5 Å². The largest absolute Gasteiger partial charge is 0.462 e. The number of hydrogen-bond acceptors (Lipinski definition) is 5. The van der Waals surface area contributed by atoms with Crippen molar-refractivity contribution in [2.75, 3.05) is 13.2 Å². The summed E-state index contributed by atoms with van der Waals surface area (Å²) in [5.74, 6) is 0.106. The lowest BCUT2D eigenvalue weighted by Crippen LogP contribution is -2.24. The smallest absolute Gasteiger partial charge is 0.336 e. The third-order valence-electron chi connectivity index (χ3n) is 7.37. The Morgan fingerprint density at radius 2 is 1.61 bits per heavy atom. The number of rotatable bonds is 15. The molecule has 0 spiro atoms. The molecule has 0 bridgehead atoms. The molecule has 5 nitrogen and oxygen atoms in total. The van der Waals surface area contributed by atoms with Crippen LogP contribution in [0, 0.1) is 11.8 Å². The van der Waals surface area contributed by atoms with Gasteiger partial charge in [-0.2, -0.15) is 0 Å². The van der Waals surface area contributed by atoms with Gasteiger partial charge in [0.25, 0.3) is 0 Å². The molecule has 36 heavy (non-hydrogen) atoms. The normalized spacial score (nSPS) is 19.2. The quantitative estimate of drug-likeness (QED) is 0.166. The summed E-state index contributed by atoms with van der Waals surface area (Å²) in [6, 6.07) is 9.27. The number of unbranched alkanes of at least 4 members (excludes halogenated alkanes) is 2. The summed E-state index contributed by atoms with van der Waals surface area (Å²) in [6.07, 6.45) is 10.6. The first-order chi connectivity index (χ1) is 17.2. The van der Waals surface area contributed by atoms with Gasteiger partial charge in [-0.1, -0.05) is 57.2 Å². The lowest BCUT2D eigenvalue weighted by molar-refractivity contribution is -0.145. The molecular formula is C31H46O5. The van der Waals surface area contributed by atoms with Gasteiger partial charge in [-0.25, -0.2) is 9.59 Å². The predicted molar refractivity (Wildman–Crippen MR) is 145 cm³/mol. The highest BCUT2D eigenvalue weighted by atomic mass is 16.5. The number of esters is 2. The summed E-state index contributed by atoms with van der Waals surface area (Å²) in [7, 11) is 0. The summed E-state index contributed by atoms with van der Waals surface area (Å²) in [4.78, 5) is 24.0. The maximum Gasteiger partial charge on any atom is 0.336 e. The molecule has 1 fully saturated rings. The van der Waals surface area contributed by atoms with Crippen LogP contribution in [0.4, 0.5) is 0 Å². The average Bonchev–Trinajstić information content (AvgIpc) is 2.88. The Balaban J connectivity index is 1.82. The Kier molecular flexibility index (Phi) is 13.0. The Labute approximate surface area is 218 Å². The molecule has 1 aliphatic rings. The molecule has 1 aromatic rings. The van der Waals surface area contributed by atoms with Gasteiger partial charge in [0.15, 0.2) is 0 Å². The summed E-state index contributed by atoms with van der Waals surface area (Å²) in [5.41, 5.74) is 3.28. The van der Waals surface area contributed by atoms with Crippen LogP contribution in [0.2, 0.25) is 0 Å². The first kappa shape index (κ1) is 29.8. The van der Waals surface area contributed by atoms with Crippen LogP contribution < -0.4 is 0 Å². The molecule has 0 radical (unpaired) electrons. The third kappa shape index (κ3) is 10.3. The lowest BCUT2D eigenvalue weighted by Gasteiger charge is -2.30. The zero-order valence-electron chi connectivity index (χ0n) is 22.6. The molecule has 1 aliphatic carbocycles. The number of hydrogen-bond donors (Lipinski definition) is 1. The van der Waals surface area contributed by atoms with Crippen molar-refractivity contribution in [2.24, 2.45) is 11.8 Å². The van der Waals surface area contributed by atoms with E-state index in [1.807, 2.05) is 0 Å². The number of benzene rings is 1. The fourth-order valence-corrected chi connectivity index (χ4v) is 4.78. The van der Waals surface area contributed by atoms with Crippen molar-refractivity contribution >= 4 is 11.9 Å². The molecule has 2 rings (SSSR count). The molecule has 2 unspecified atom stereocenters. The first-order valence-electron chi connectivity index (χ1n) is 13.7. The number of ether oxygens (including phenoxy) is 2. The Bertz CT molecular complexity index is 846. The molecule has 0 aliphatic heterocycles. The van der Waals surface area contributed by atoms with Crippen LogP contribution in [0.25, 0.3) is 0 Å². The van der Waals surface area contributed by atoms with Crippen LogP contribution in [-0.4, -0.2) is 36.4 Å². The molecule has 2 atom stereocenters. The molecule has 5 heteroatoms. The van der Waals surface area contributed by atoms with E-state index in [1.165, 1.54) is 69.4 Å². The van der Waals surface area contributed by atoms with Gasteiger partial charge >= 0.3 is 11.9 Å². The monoisotopic (exact) mass is 498 g/mol. The van der Waals surface area contributed by atoms with Crippen LogP contribution in [0.15, 0.2) is 48.6 Å². The van der Waals surface area contributed by atoms with Crippen molar-refractivity contribution in [1.29, 1.82) is 0 Å². The minimum atomic E-state index is -0.954. The van der Waals surface area contributed by atoms with Gasteiger partial charge in [-0.15, -0.1) is 0 Å². The molecule has 200 valence electrons. The summed E-state index contributed by atoms with van der Waals surface area (Å²) in [6.45, 7) is 12.9. The maximum atomic E-state index is 12.1. The zero-order valence-corrected chi connectivity index (χ0v) is 22.6. The molecule has 1 saturated carbocycles. The van der Waals surface area contributed by atoms with E-state index in [-0.39, 0.29) is 24.7 Å². The highest BCUT2D eigenvalue weighted by Crippen LogP contribution is 2.38. The Morgan fingerprint density at radius 1 is 1.00 bits per heavy atom. The second kappa shape index (κ2) is 15.7. The van der Waals surface area contributed by atoms with Crippen molar-refractivity contribution in [3.63, 3.8) is 0 Å². The standard InChI is InChI=1S/C31H46O5/c1-6-7-8-9-25-12-16-28(17-13-25)29-18-14-26(15-19-29)10-11-27(20-35-30(33)22(2)3)21-36-31(34)23(4)24(5)32/h12-13,16-17,24,26-27,29,32H,2,4,6-11,14-15,18-21H2,1,3,5H3. The van der Waals surface area contributed by atoms with Gasteiger partial charge < -0.3 is 14.6 Å². The molecule has 0 amide bonds. The minimum Gasteiger partial charge on any atom is -0.462 e. The summed E-state index contributed by atoms with van der Waals surface area (Å²) >= 11 is 0. The van der Waals surface area contributed by atoms with Crippen molar-refractivity contribution in [3.8, 4) is 0 Å². The molecule has 0 aromatic heterocycles. The fraction of sp³-hybridized carbons (Fsp3) is 0.613.